The van der Waals surface area contributed by atoms with Crippen molar-refractivity contribution in [2.24, 2.45) is 0 Å². The van der Waals surface area contributed by atoms with Crippen LogP contribution in [0.25, 0.3) is 10.9 Å². The summed E-state index contributed by atoms with van der Waals surface area (Å²) in [5.74, 6) is -2.30. The number of aromatic amines is 1. The topological polar surface area (TPSA) is 114 Å². The molecule has 0 aliphatic rings. The van der Waals surface area contributed by atoms with Crippen LogP contribution in [-0.4, -0.2) is 27.9 Å². The summed E-state index contributed by atoms with van der Waals surface area (Å²) in [7, 11) is 0. The Morgan fingerprint density at radius 2 is 2.04 bits per heavy atom. The molecule has 8 nitrogen and oxygen atoms in total. The van der Waals surface area contributed by atoms with Crippen molar-refractivity contribution in [2.45, 2.75) is 19.4 Å². The van der Waals surface area contributed by atoms with Crippen molar-refractivity contribution in [3.8, 4) is 0 Å². The third kappa shape index (κ3) is 4.14. The number of nitro groups is 1. The molecule has 0 aliphatic carbocycles. The first kappa shape index (κ1) is 19.0. The van der Waals surface area contributed by atoms with Crippen LogP contribution in [0.5, 0.6) is 0 Å². The number of fused-ring (bicyclic) bond motifs is 1. The third-order valence-electron chi connectivity index (χ3n) is 4.10. The van der Waals surface area contributed by atoms with Crippen LogP contribution in [0.1, 0.15) is 12.5 Å². The van der Waals surface area contributed by atoms with Gasteiger partial charge in [-0.3, -0.25) is 19.7 Å². The van der Waals surface area contributed by atoms with Crippen LogP contribution in [0.2, 0.25) is 0 Å². The number of nitro benzene ring substituents is 1. The molecule has 0 fully saturated rings. The zero-order valence-electron chi connectivity index (χ0n) is 14.8. The lowest BCUT2D eigenvalue weighted by molar-refractivity contribution is -0.387. The van der Waals surface area contributed by atoms with E-state index in [1.54, 1.807) is 6.20 Å². The van der Waals surface area contributed by atoms with Crippen molar-refractivity contribution >= 4 is 34.2 Å². The van der Waals surface area contributed by atoms with E-state index in [9.17, 15) is 24.1 Å². The number of para-hydroxylation sites is 1. The Labute approximate surface area is 158 Å². The molecule has 28 heavy (non-hydrogen) atoms. The van der Waals surface area contributed by atoms with E-state index in [0.29, 0.717) is 0 Å². The van der Waals surface area contributed by atoms with Gasteiger partial charge in [0.05, 0.1) is 11.3 Å². The number of H-pyrrole nitrogens is 1. The summed E-state index contributed by atoms with van der Waals surface area (Å²) in [4.78, 5) is 37.2. The van der Waals surface area contributed by atoms with E-state index in [4.69, 9.17) is 4.74 Å². The lowest BCUT2D eigenvalue weighted by Crippen LogP contribution is -2.30. The molecule has 2 N–H and O–H groups in total. The van der Waals surface area contributed by atoms with Gasteiger partial charge in [-0.15, -0.1) is 0 Å². The molecule has 3 rings (SSSR count). The van der Waals surface area contributed by atoms with Crippen LogP contribution in [0.4, 0.5) is 15.8 Å². The van der Waals surface area contributed by atoms with Crippen molar-refractivity contribution in [1.82, 2.24) is 4.98 Å². The summed E-state index contributed by atoms with van der Waals surface area (Å²) in [5, 5.41) is 14.0. The second-order valence-corrected chi connectivity index (χ2v) is 6.08. The van der Waals surface area contributed by atoms with Crippen LogP contribution >= 0.6 is 0 Å². The van der Waals surface area contributed by atoms with Gasteiger partial charge in [0.2, 0.25) is 5.82 Å². The van der Waals surface area contributed by atoms with Crippen LogP contribution in [0.15, 0.2) is 48.7 Å². The Kier molecular flexibility index (Phi) is 5.35. The first-order chi connectivity index (χ1) is 13.3. The summed E-state index contributed by atoms with van der Waals surface area (Å²) in [5.41, 5.74) is 0.885. The monoisotopic (exact) mass is 385 g/mol. The normalized spacial score (nSPS) is 11.8. The van der Waals surface area contributed by atoms with Gasteiger partial charge in [0, 0.05) is 28.9 Å². The van der Waals surface area contributed by atoms with Gasteiger partial charge in [-0.1, -0.05) is 18.2 Å². The number of rotatable bonds is 6. The molecule has 0 saturated heterocycles. The Hall–Kier alpha value is -3.75. The maximum absolute atomic E-state index is 13.4. The zero-order valence-corrected chi connectivity index (χ0v) is 14.8. The molecule has 0 spiro atoms. The van der Waals surface area contributed by atoms with Gasteiger partial charge in [0.25, 0.3) is 5.91 Å². The van der Waals surface area contributed by atoms with Gasteiger partial charge in [0.1, 0.15) is 0 Å². The molecule has 2 aromatic carbocycles. The molecule has 1 atom stereocenters. The number of nitrogens with zero attached hydrogens (tertiary/aromatic N) is 1. The lowest BCUT2D eigenvalue weighted by atomic mass is 10.1. The molecule has 1 heterocycles. The fourth-order valence-corrected chi connectivity index (χ4v) is 2.70. The number of ether oxygens (including phenoxy) is 1. The van der Waals surface area contributed by atoms with Crippen molar-refractivity contribution < 1.29 is 23.6 Å². The summed E-state index contributed by atoms with van der Waals surface area (Å²) >= 11 is 0. The number of nitrogens with one attached hydrogen (secondary N) is 2. The second kappa shape index (κ2) is 7.87. The van der Waals surface area contributed by atoms with E-state index < -0.39 is 34.4 Å². The van der Waals surface area contributed by atoms with E-state index in [2.05, 4.69) is 10.3 Å². The summed E-state index contributed by atoms with van der Waals surface area (Å²) in [6.45, 7) is 1.38. The number of hydrogen-bond acceptors (Lipinski definition) is 5. The fraction of sp³-hybridized carbons (Fsp3) is 0.158. The van der Waals surface area contributed by atoms with E-state index in [-0.39, 0.29) is 12.1 Å². The van der Waals surface area contributed by atoms with Crippen molar-refractivity contribution in [2.75, 3.05) is 5.32 Å². The fourth-order valence-electron chi connectivity index (χ4n) is 2.70. The Bertz CT molecular complexity index is 1060. The summed E-state index contributed by atoms with van der Waals surface area (Å²) in [6.07, 6.45) is 0.541. The quantitative estimate of drug-likeness (QED) is 0.384. The minimum absolute atomic E-state index is 0.0242. The summed E-state index contributed by atoms with van der Waals surface area (Å²) in [6, 6.07) is 10.4. The highest BCUT2D eigenvalue weighted by Gasteiger charge is 2.21. The number of carbonyl (C=O) groups is 2. The molecule has 3 aromatic rings. The molecule has 0 radical (unpaired) electrons. The molecule has 1 amide bonds. The van der Waals surface area contributed by atoms with Crippen molar-refractivity contribution in [3.05, 3.63) is 70.2 Å². The lowest BCUT2D eigenvalue weighted by Gasteiger charge is -2.13. The molecular weight excluding hydrogens is 369 g/mol. The number of halogens is 1. The predicted octanol–water partition coefficient (Wildman–Crippen LogP) is 3.33. The first-order valence-corrected chi connectivity index (χ1v) is 8.34. The van der Waals surface area contributed by atoms with Crippen molar-refractivity contribution in [3.63, 3.8) is 0 Å². The highest BCUT2D eigenvalue weighted by molar-refractivity contribution is 5.95. The van der Waals surface area contributed by atoms with Crippen LogP contribution in [0.3, 0.4) is 0 Å². The number of aromatic nitrogens is 1. The Balaban J connectivity index is 1.61. The first-order valence-electron chi connectivity index (χ1n) is 8.34. The largest absolute Gasteiger partial charge is 0.452 e. The molecule has 0 unspecified atom stereocenters. The number of esters is 1. The van der Waals surface area contributed by atoms with Crippen LogP contribution < -0.4 is 5.32 Å². The average molecular weight is 385 g/mol. The molecule has 1 aromatic heterocycles. The van der Waals surface area contributed by atoms with Gasteiger partial charge in [0.15, 0.2) is 6.10 Å². The van der Waals surface area contributed by atoms with Gasteiger partial charge >= 0.3 is 11.7 Å². The number of anilines is 1. The Morgan fingerprint density at radius 3 is 2.79 bits per heavy atom. The number of amides is 1. The highest BCUT2D eigenvalue weighted by atomic mass is 19.1. The number of hydrogen-bond donors (Lipinski definition) is 2. The van der Waals surface area contributed by atoms with E-state index in [1.165, 1.54) is 13.0 Å². The van der Waals surface area contributed by atoms with Gasteiger partial charge in [-0.25, -0.2) is 0 Å². The van der Waals surface area contributed by atoms with Crippen LogP contribution in [-0.2, 0) is 20.7 Å². The van der Waals surface area contributed by atoms with E-state index in [0.717, 1.165) is 28.6 Å². The minimum Gasteiger partial charge on any atom is -0.452 e. The van der Waals surface area contributed by atoms with Gasteiger partial charge in [-0.2, -0.15) is 4.39 Å². The van der Waals surface area contributed by atoms with Gasteiger partial charge in [-0.05, 0) is 30.7 Å². The standard InChI is InChI=1S/C19H16FN3O5/c1-11(19(25)22-13-6-7-15(20)17(9-13)23(26)27)28-18(24)8-12-10-21-16-5-3-2-4-14(12)16/h2-7,9-11,21H,8H2,1H3,(H,22,25)/t11-/m1/s1. The second-order valence-electron chi connectivity index (χ2n) is 6.08. The molecule has 0 bridgehead atoms. The third-order valence-corrected chi connectivity index (χ3v) is 4.10. The minimum atomic E-state index is -1.14. The average Bonchev–Trinajstić information content (AvgIpc) is 3.06. The van der Waals surface area contributed by atoms with Crippen LogP contribution in [0, 0.1) is 15.9 Å². The van der Waals surface area contributed by atoms with E-state index in [1.807, 2.05) is 24.3 Å². The maximum atomic E-state index is 13.4. The summed E-state index contributed by atoms with van der Waals surface area (Å²) < 4.78 is 18.5. The van der Waals surface area contributed by atoms with Crippen molar-refractivity contribution in [1.29, 1.82) is 0 Å². The molecule has 9 heteroatoms. The molecule has 0 aliphatic heterocycles. The van der Waals surface area contributed by atoms with Gasteiger partial charge < -0.3 is 15.0 Å². The smallest absolute Gasteiger partial charge is 0.311 e. The molecular formula is C19H16FN3O5. The Morgan fingerprint density at radius 1 is 1.29 bits per heavy atom. The highest BCUT2D eigenvalue weighted by Crippen LogP contribution is 2.22. The van der Waals surface area contributed by atoms with E-state index >= 15 is 0 Å². The molecule has 0 saturated carbocycles. The zero-order chi connectivity index (χ0) is 20.3. The predicted molar refractivity (Wildman–Crippen MR) is 99.2 cm³/mol. The SMILES string of the molecule is C[C@@H](OC(=O)Cc1c[nH]c2ccccc12)C(=O)Nc1ccc(F)c([N+](=O)[O-])c1. The number of benzene rings is 2. The molecule has 144 valence electrons. The number of carbonyl (C=O) groups excluding carboxylic acids is 2. The maximum Gasteiger partial charge on any atom is 0.311 e.